The summed E-state index contributed by atoms with van der Waals surface area (Å²) < 4.78 is 0. The van der Waals surface area contributed by atoms with Crippen LogP contribution < -0.4 is 9.80 Å². The highest BCUT2D eigenvalue weighted by Crippen LogP contribution is 2.38. The second kappa shape index (κ2) is 5.64. The molecule has 130 valence electrons. The van der Waals surface area contributed by atoms with Crippen molar-refractivity contribution in [3.8, 4) is 0 Å². The van der Waals surface area contributed by atoms with Gasteiger partial charge in [0.05, 0.1) is 0 Å². The Kier molecular flexibility index (Phi) is 3.40. The van der Waals surface area contributed by atoms with Crippen molar-refractivity contribution < 1.29 is 0 Å². The van der Waals surface area contributed by atoms with Crippen molar-refractivity contribution in [3.63, 3.8) is 0 Å². The molecule has 0 amide bonds. The highest BCUT2D eigenvalue weighted by atomic mass is 15.3. The Bertz CT molecular complexity index is 806. The summed E-state index contributed by atoms with van der Waals surface area (Å²) in [5.41, 5.74) is 3.87. The van der Waals surface area contributed by atoms with E-state index in [1.807, 2.05) is 13.1 Å². The molecule has 6 nitrogen and oxygen atoms in total. The van der Waals surface area contributed by atoms with Gasteiger partial charge in [0.25, 0.3) is 0 Å². The van der Waals surface area contributed by atoms with Crippen LogP contribution in [0.5, 0.6) is 0 Å². The highest BCUT2D eigenvalue weighted by Gasteiger charge is 2.42. The van der Waals surface area contributed by atoms with Crippen molar-refractivity contribution in [2.24, 2.45) is 11.8 Å². The summed E-state index contributed by atoms with van der Waals surface area (Å²) in [7, 11) is 0. The first-order valence-corrected chi connectivity index (χ1v) is 9.32. The van der Waals surface area contributed by atoms with Crippen LogP contribution in [0.4, 0.5) is 11.6 Å². The lowest BCUT2D eigenvalue weighted by atomic mass is 10.0. The molecular formula is C19H24N6. The van der Waals surface area contributed by atoms with Crippen LogP contribution >= 0.6 is 0 Å². The Balaban J connectivity index is 1.36. The van der Waals surface area contributed by atoms with E-state index in [0.29, 0.717) is 11.8 Å². The van der Waals surface area contributed by atoms with E-state index < -0.39 is 0 Å². The first-order chi connectivity index (χ1) is 12.2. The van der Waals surface area contributed by atoms with Crippen molar-refractivity contribution in [1.82, 2.24) is 19.9 Å². The molecule has 2 unspecified atom stereocenters. The van der Waals surface area contributed by atoms with Gasteiger partial charge in [-0.1, -0.05) is 0 Å². The molecule has 0 radical (unpaired) electrons. The number of aromatic nitrogens is 4. The van der Waals surface area contributed by atoms with Crippen LogP contribution in [-0.4, -0.2) is 46.1 Å². The number of hydrogen-bond donors (Lipinski definition) is 0. The Morgan fingerprint density at radius 1 is 0.920 bits per heavy atom. The fraction of sp³-hybridized carbons (Fsp3) is 0.579. The second-order valence-electron chi connectivity index (χ2n) is 7.73. The highest BCUT2D eigenvalue weighted by molar-refractivity contribution is 5.53. The van der Waals surface area contributed by atoms with Crippen LogP contribution in [0.3, 0.4) is 0 Å². The topological polar surface area (TPSA) is 58.0 Å². The molecule has 0 aromatic carbocycles. The van der Waals surface area contributed by atoms with E-state index in [0.717, 1.165) is 50.7 Å². The molecule has 6 heteroatoms. The van der Waals surface area contributed by atoms with Gasteiger partial charge in [0.1, 0.15) is 23.8 Å². The monoisotopic (exact) mass is 336 g/mol. The summed E-state index contributed by atoms with van der Waals surface area (Å²) in [5.74, 6) is 4.64. The summed E-state index contributed by atoms with van der Waals surface area (Å²) in [6.07, 6.45) is 7.06. The molecule has 2 aromatic rings. The zero-order valence-corrected chi connectivity index (χ0v) is 14.9. The standard InChI is InChI=1S/C19H24N6/c1-12-6-20-11-21-18(12)24-7-14-9-25(10-15(14)8-24)19-16-4-3-5-17(16)22-13(2)23-19/h6,11,14-15H,3-5,7-10H2,1-2H3. The summed E-state index contributed by atoms with van der Waals surface area (Å²) >= 11 is 0. The molecule has 2 saturated heterocycles. The van der Waals surface area contributed by atoms with Crippen LogP contribution in [0.25, 0.3) is 0 Å². The van der Waals surface area contributed by atoms with Crippen LogP contribution in [0.1, 0.15) is 29.1 Å². The maximum absolute atomic E-state index is 4.83. The SMILES string of the molecule is Cc1nc2c(c(N3CC4CN(c5ncncc5C)CC4C3)n1)CCC2. The molecule has 1 aliphatic carbocycles. The zero-order chi connectivity index (χ0) is 17.0. The second-order valence-corrected chi connectivity index (χ2v) is 7.73. The van der Waals surface area contributed by atoms with Gasteiger partial charge in [0.2, 0.25) is 0 Å². The third-order valence-corrected chi connectivity index (χ3v) is 5.98. The largest absolute Gasteiger partial charge is 0.356 e. The number of hydrogen-bond acceptors (Lipinski definition) is 6. The molecule has 2 fully saturated rings. The van der Waals surface area contributed by atoms with E-state index in [2.05, 4.69) is 31.7 Å². The van der Waals surface area contributed by atoms with Gasteiger partial charge in [-0.2, -0.15) is 0 Å². The van der Waals surface area contributed by atoms with Gasteiger partial charge in [0, 0.05) is 61.0 Å². The van der Waals surface area contributed by atoms with Crippen molar-refractivity contribution >= 4 is 11.6 Å². The Morgan fingerprint density at radius 3 is 2.36 bits per heavy atom. The number of nitrogens with zero attached hydrogens (tertiary/aromatic N) is 6. The van der Waals surface area contributed by atoms with E-state index in [4.69, 9.17) is 4.98 Å². The van der Waals surface area contributed by atoms with E-state index in [9.17, 15) is 0 Å². The molecule has 5 rings (SSSR count). The predicted molar refractivity (Wildman–Crippen MR) is 97.0 cm³/mol. The lowest BCUT2D eigenvalue weighted by molar-refractivity contribution is 0.533. The van der Waals surface area contributed by atoms with E-state index in [1.165, 1.54) is 29.1 Å². The minimum atomic E-state index is 0.696. The molecule has 0 bridgehead atoms. The molecule has 25 heavy (non-hydrogen) atoms. The fourth-order valence-corrected chi connectivity index (χ4v) is 4.86. The summed E-state index contributed by atoms with van der Waals surface area (Å²) in [6.45, 7) is 8.51. The van der Waals surface area contributed by atoms with Gasteiger partial charge in [-0.3, -0.25) is 0 Å². The fourth-order valence-electron chi connectivity index (χ4n) is 4.86. The van der Waals surface area contributed by atoms with E-state index in [1.54, 1.807) is 6.33 Å². The molecular weight excluding hydrogens is 312 g/mol. The molecule has 3 aliphatic rings. The Hall–Kier alpha value is -2.24. The van der Waals surface area contributed by atoms with Crippen molar-refractivity contribution in [3.05, 3.63) is 35.2 Å². The summed E-state index contributed by atoms with van der Waals surface area (Å²) in [4.78, 5) is 23.1. The van der Waals surface area contributed by atoms with Gasteiger partial charge in [0.15, 0.2) is 0 Å². The predicted octanol–water partition coefficient (Wildman–Crippen LogP) is 1.94. The zero-order valence-electron chi connectivity index (χ0n) is 14.9. The van der Waals surface area contributed by atoms with Crippen molar-refractivity contribution in [2.45, 2.75) is 33.1 Å². The quantitative estimate of drug-likeness (QED) is 0.835. The van der Waals surface area contributed by atoms with Gasteiger partial charge >= 0.3 is 0 Å². The maximum Gasteiger partial charge on any atom is 0.135 e. The molecule has 0 spiro atoms. The van der Waals surface area contributed by atoms with Crippen molar-refractivity contribution in [1.29, 1.82) is 0 Å². The molecule has 2 aromatic heterocycles. The number of fused-ring (bicyclic) bond motifs is 2. The van der Waals surface area contributed by atoms with E-state index in [-0.39, 0.29) is 0 Å². The minimum Gasteiger partial charge on any atom is -0.356 e. The minimum absolute atomic E-state index is 0.696. The smallest absolute Gasteiger partial charge is 0.135 e. The van der Waals surface area contributed by atoms with Gasteiger partial charge in [-0.05, 0) is 33.1 Å². The van der Waals surface area contributed by atoms with Crippen LogP contribution in [-0.2, 0) is 12.8 Å². The van der Waals surface area contributed by atoms with E-state index >= 15 is 0 Å². The van der Waals surface area contributed by atoms with Crippen molar-refractivity contribution in [2.75, 3.05) is 36.0 Å². The van der Waals surface area contributed by atoms with Crippen LogP contribution in [0.15, 0.2) is 12.5 Å². The van der Waals surface area contributed by atoms with Crippen LogP contribution in [0, 0.1) is 25.7 Å². The molecule has 0 saturated carbocycles. The molecule has 4 heterocycles. The average molecular weight is 336 g/mol. The Labute approximate surface area is 148 Å². The van der Waals surface area contributed by atoms with Gasteiger partial charge in [-0.25, -0.2) is 19.9 Å². The first kappa shape index (κ1) is 15.0. The molecule has 2 aliphatic heterocycles. The number of rotatable bonds is 2. The number of anilines is 2. The first-order valence-electron chi connectivity index (χ1n) is 9.32. The molecule has 2 atom stereocenters. The molecule has 0 N–H and O–H groups in total. The third-order valence-electron chi connectivity index (χ3n) is 5.98. The third kappa shape index (κ3) is 2.46. The van der Waals surface area contributed by atoms with Crippen LogP contribution in [0.2, 0.25) is 0 Å². The van der Waals surface area contributed by atoms with Gasteiger partial charge in [-0.15, -0.1) is 0 Å². The summed E-state index contributed by atoms with van der Waals surface area (Å²) in [6, 6.07) is 0. The summed E-state index contributed by atoms with van der Waals surface area (Å²) in [5, 5.41) is 0. The normalized spacial score (nSPS) is 24.7. The average Bonchev–Trinajstić information content (AvgIpc) is 3.27. The number of aryl methyl sites for hydroxylation is 3. The lowest BCUT2D eigenvalue weighted by Crippen LogP contribution is -2.30. The Morgan fingerprint density at radius 2 is 1.64 bits per heavy atom. The maximum atomic E-state index is 4.83. The van der Waals surface area contributed by atoms with Gasteiger partial charge < -0.3 is 9.80 Å². The lowest BCUT2D eigenvalue weighted by Gasteiger charge is -2.25.